The van der Waals surface area contributed by atoms with Gasteiger partial charge < -0.3 is 9.64 Å². The second kappa shape index (κ2) is 9.40. The number of thiocarbonyl (C=S) groups is 1. The van der Waals surface area contributed by atoms with Gasteiger partial charge in [0.05, 0.1) is 19.6 Å². The van der Waals surface area contributed by atoms with E-state index < -0.39 is 0 Å². The van der Waals surface area contributed by atoms with Crippen molar-refractivity contribution >= 4 is 23.2 Å². The molecule has 1 amide bonds. The van der Waals surface area contributed by atoms with Gasteiger partial charge in [-0.1, -0.05) is 30.3 Å². The molecule has 0 atom stereocenters. The number of methoxy groups -OCH3 is 1. The van der Waals surface area contributed by atoms with E-state index in [1.807, 2.05) is 35.2 Å². The van der Waals surface area contributed by atoms with Crippen molar-refractivity contribution in [3.8, 4) is 11.8 Å². The Morgan fingerprint density at radius 1 is 1.20 bits per heavy atom. The third kappa shape index (κ3) is 5.59. The van der Waals surface area contributed by atoms with E-state index in [1.54, 1.807) is 31.4 Å². The number of nitriles is 1. The molecule has 0 aliphatic rings. The maximum absolute atomic E-state index is 12.4. The van der Waals surface area contributed by atoms with Gasteiger partial charge in [-0.05, 0) is 42.0 Å². The number of carbonyl (C=O) groups excluding carboxylic acids is 1. The maximum Gasteiger partial charge on any atom is 0.257 e. The third-order valence-electron chi connectivity index (χ3n) is 3.57. The van der Waals surface area contributed by atoms with Gasteiger partial charge >= 0.3 is 0 Å². The van der Waals surface area contributed by atoms with Crippen LogP contribution in [0.3, 0.4) is 0 Å². The minimum atomic E-state index is -0.289. The zero-order chi connectivity index (χ0) is 18.1. The molecule has 2 aromatic carbocycles. The summed E-state index contributed by atoms with van der Waals surface area (Å²) < 4.78 is 5.08. The number of carbonyl (C=O) groups is 1. The lowest BCUT2D eigenvalue weighted by Crippen LogP contribution is -2.42. The van der Waals surface area contributed by atoms with Gasteiger partial charge in [-0.3, -0.25) is 10.1 Å². The molecule has 1 N–H and O–H groups in total. The molecular weight excluding hydrogens is 334 g/mol. The van der Waals surface area contributed by atoms with Crippen molar-refractivity contribution in [1.29, 1.82) is 5.26 Å². The fourth-order valence-electron chi connectivity index (χ4n) is 2.23. The van der Waals surface area contributed by atoms with Crippen molar-refractivity contribution < 1.29 is 9.53 Å². The highest BCUT2D eigenvalue weighted by Crippen LogP contribution is 2.11. The molecule has 0 fully saturated rings. The molecule has 0 radical (unpaired) electrons. The average Bonchev–Trinajstić information content (AvgIpc) is 2.65. The van der Waals surface area contributed by atoms with E-state index in [-0.39, 0.29) is 5.91 Å². The van der Waals surface area contributed by atoms with Crippen LogP contribution in [-0.4, -0.2) is 29.6 Å². The van der Waals surface area contributed by atoms with Crippen molar-refractivity contribution in [2.45, 2.75) is 13.0 Å². The van der Waals surface area contributed by atoms with Crippen LogP contribution in [0.5, 0.6) is 5.75 Å². The van der Waals surface area contributed by atoms with Gasteiger partial charge in [0.2, 0.25) is 0 Å². The van der Waals surface area contributed by atoms with Crippen LogP contribution >= 0.6 is 12.2 Å². The Labute approximate surface area is 152 Å². The third-order valence-corrected chi connectivity index (χ3v) is 3.93. The summed E-state index contributed by atoms with van der Waals surface area (Å²) in [6.07, 6.45) is 0.325. The number of amides is 1. The lowest BCUT2D eigenvalue weighted by molar-refractivity contribution is 0.0973. The van der Waals surface area contributed by atoms with E-state index >= 15 is 0 Å². The number of rotatable bonds is 6. The van der Waals surface area contributed by atoms with E-state index in [0.717, 1.165) is 5.56 Å². The molecule has 0 aliphatic heterocycles. The van der Waals surface area contributed by atoms with Gasteiger partial charge in [-0.2, -0.15) is 5.26 Å². The van der Waals surface area contributed by atoms with E-state index in [4.69, 9.17) is 22.2 Å². The average molecular weight is 353 g/mol. The Morgan fingerprint density at radius 3 is 2.48 bits per heavy atom. The lowest BCUT2D eigenvalue weighted by Gasteiger charge is -2.24. The molecule has 0 bridgehead atoms. The highest BCUT2D eigenvalue weighted by atomic mass is 32.1. The predicted octanol–water partition coefficient (Wildman–Crippen LogP) is 3.13. The van der Waals surface area contributed by atoms with Gasteiger partial charge in [0, 0.05) is 18.7 Å². The minimum absolute atomic E-state index is 0.289. The van der Waals surface area contributed by atoms with Crippen LogP contribution in [0.1, 0.15) is 22.3 Å². The normalized spacial score (nSPS) is 9.76. The lowest BCUT2D eigenvalue weighted by atomic mass is 10.2. The molecule has 128 valence electrons. The Hall–Kier alpha value is -2.91. The first kappa shape index (κ1) is 18.4. The quantitative estimate of drug-likeness (QED) is 0.808. The first-order chi connectivity index (χ1) is 12.1. The molecular formula is C19H19N3O2S. The molecule has 25 heavy (non-hydrogen) atoms. The van der Waals surface area contributed by atoms with Crippen molar-refractivity contribution in [3.63, 3.8) is 0 Å². The summed E-state index contributed by atoms with van der Waals surface area (Å²) in [5.74, 6) is 0.390. The fourth-order valence-corrected chi connectivity index (χ4v) is 2.48. The topological polar surface area (TPSA) is 65.4 Å². The molecule has 0 saturated heterocycles. The second-order valence-corrected chi connectivity index (χ2v) is 5.69. The van der Waals surface area contributed by atoms with Crippen LogP contribution in [0.15, 0.2) is 54.6 Å². The molecule has 0 spiro atoms. The van der Waals surface area contributed by atoms with Crippen LogP contribution < -0.4 is 10.1 Å². The van der Waals surface area contributed by atoms with Crippen LogP contribution in [-0.2, 0) is 6.54 Å². The summed E-state index contributed by atoms with van der Waals surface area (Å²) in [6.45, 7) is 0.983. The molecule has 2 rings (SSSR count). The number of hydrogen-bond acceptors (Lipinski definition) is 4. The van der Waals surface area contributed by atoms with Crippen molar-refractivity contribution in [2.75, 3.05) is 13.7 Å². The fraction of sp³-hybridized carbons (Fsp3) is 0.211. The first-order valence-corrected chi connectivity index (χ1v) is 8.20. The van der Waals surface area contributed by atoms with Gasteiger partial charge in [-0.15, -0.1) is 0 Å². The summed E-state index contributed by atoms with van der Waals surface area (Å²) in [5, 5.41) is 11.9. The molecule has 0 heterocycles. The van der Waals surface area contributed by atoms with Crippen molar-refractivity contribution in [2.24, 2.45) is 0 Å². The first-order valence-electron chi connectivity index (χ1n) is 7.79. The molecule has 5 nitrogen and oxygen atoms in total. The van der Waals surface area contributed by atoms with Gasteiger partial charge in [0.15, 0.2) is 5.11 Å². The predicted molar refractivity (Wildman–Crippen MR) is 100 cm³/mol. The molecule has 6 heteroatoms. The van der Waals surface area contributed by atoms with E-state index in [0.29, 0.717) is 35.9 Å². The van der Waals surface area contributed by atoms with Gasteiger partial charge in [-0.25, -0.2) is 0 Å². The highest BCUT2D eigenvalue weighted by Gasteiger charge is 2.14. The maximum atomic E-state index is 12.4. The number of nitrogens with zero attached hydrogens (tertiary/aromatic N) is 2. The molecule has 0 saturated carbocycles. The summed E-state index contributed by atoms with van der Waals surface area (Å²) in [4.78, 5) is 14.2. The second-order valence-electron chi connectivity index (χ2n) is 5.30. The Morgan fingerprint density at radius 2 is 1.88 bits per heavy atom. The minimum Gasteiger partial charge on any atom is -0.497 e. The van der Waals surface area contributed by atoms with Gasteiger partial charge in [0.1, 0.15) is 5.75 Å². The van der Waals surface area contributed by atoms with Gasteiger partial charge in [0.25, 0.3) is 5.91 Å². The Bertz CT molecular complexity index is 754. The smallest absolute Gasteiger partial charge is 0.257 e. The van der Waals surface area contributed by atoms with E-state index in [2.05, 4.69) is 11.4 Å². The highest BCUT2D eigenvalue weighted by molar-refractivity contribution is 7.80. The van der Waals surface area contributed by atoms with E-state index in [9.17, 15) is 4.79 Å². The molecule has 0 aliphatic carbocycles. The zero-order valence-corrected chi connectivity index (χ0v) is 14.8. The molecule has 0 aromatic heterocycles. The summed E-state index contributed by atoms with van der Waals surface area (Å²) in [7, 11) is 1.57. The number of nitrogens with one attached hydrogen (secondary N) is 1. The summed E-state index contributed by atoms with van der Waals surface area (Å²) >= 11 is 5.37. The Balaban J connectivity index is 2.04. The summed E-state index contributed by atoms with van der Waals surface area (Å²) in [6, 6.07) is 18.7. The van der Waals surface area contributed by atoms with Crippen LogP contribution in [0.4, 0.5) is 0 Å². The monoisotopic (exact) mass is 353 g/mol. The number of benzene rings is 2. The largest absolute Gasteiger partial charge is 0.497 e. The zero-order valence-electron chi connectivity index (χ0n) is 13.9. The van der Waals surface area contributed by atoms with Crippen molar-refractivity contribution in [3.05, 3.63) is 65.7 Å². The summed E-state index contributed by atoms with van der Waals surface area (Å²) in [5.41, 5.74) is 1.55. The Kier molecular flexibility index (Phi) is 6.93. The van der Waals surface area contributed by atoms with Crippen LogP contribution in [0, 0.1) is 11.3 Å². The van der Waals surface area contributed by atoms with Crippen LogP contribution in [0.25, 0.3) is 0 Å². The number of hydrogen-bond donors (Lipinski definition) is 1. The van der Waals surface area contributed by atoms with Crippen molar-refractivity contribution in [1.82, 2.24) is 10.2 Å². The van der Waals surface area contributed by atoms with E-state index in [1.165, 1.54) is 0 Å². The molecule has 0 unspecified atom stereocenters. The van der Waals surface area contributed by atoms with Crippen LogP contribution in [0.2, 0.25) is 0 Å². The standard InChI is InChI=1S/C19H19N3O2S/c1-24-17-10-8-16(9-11-17)18(23)21-19(25)22(13-5-12-20)14-15-6-3-2-4-7-15/h2-4,6-11H,5,13-14H2,1H3,(H,21,23,25). The molecule has 2 aromatic rings. The SMILES string of the molecule is COc1ccc(C(=O)NC(=S)N(CCC#N)Cc2ccccc2)cc1. The number of ether oxygens (including phenoxy) is 1.